The highest BCUT2D eigenvalue weighted by Gasteiger charge is 2.26. The van der Waals surface area contributed by atoms with Gasteiger partial charge in [-0.2, -0.15) is 5.26 Å². The number of nitrogens with zero attached hydrogens (tertiary/aromatic N) is 6. The highest BCUT2D eigenvalue weighted by molar-refractivity contribution is 6.36. The highest BCUT2D eigenvalue weighted by atomic mass is 35.5. The van der Waals surface area contributed by atoms with E-state index in [1.807, 2.05) is 25.7 Å². The fourth-order valence-electron chi connectivity index (χ4n) is 5.72. The molecule has 0 saturated carbocycles. The third kappa shape index (κ3) is 4.83. The summed E-state index contributed by atoms with van der Waals surface area (Å²) in [6.07, 6.45) is 1.61. The van der Waals surface area contributed by atoms with Crippen LogP contribution in [0.5, 0.6) is 0 Å². The van der Waals surface area contributed by atoms with Gasteiger partial charge in [0.25, 0.3) is 11.8 Å². The van der Waals surface area contributed by atoms with Crippen molar-refractivity contribution in [3.63, 3.8) is 0 Å². The second kappa shape index (κ2) is 11.1. The Bertz CT molecular complexity index is 1780. The maximum atomic E-state index is 13.3. The van der Waals surface area contributed by atoms with Gasteiger partial charge in [-0.25, -0.2) is 9.97 Å². The number of fused-ring (bicyclic) bond motifs is 2. The van der Waals surface area contributed by atoms with Crippen LogP contribution in [0.4, 0.5) is 11.4 Å². The predicted molar refractivity (Wildman–Crippen MR) is 159 cm³/mol. The monoisotopic (exact) mass is 583 g/mol. The molecule has 0 bridgehead atoms. The van der Waals surface area contributed by atoms with Gasteiger partial charge >= 0.3 is 0 Å². The van der Waals surface area contributed by atoms with Crippen molar-refractivity contribution < 1.29 is 9.59 Å². The van der Waals surface area contributed by atoms with Crippen LogP contribution in [0.2, 0.25) is 5.02 Å². The van der Waals surface area contributed by atoms with Gasteiger partial charge in [-0.1, -0.05) is 35.9 Å². The van der Waals surface area contributed by atoms with E-state index in [-0.39, 0.29) is 22.3 Å². The summed E-state index contributed by atoms with van der Waals surface area (Å²) in [5, 5.41) is 19.5. The number of hydrogen-bond donors (Lipinski definition) is 3. The molecule has 0 fully saturated rings. The molecule has 0 atom stereocenters. The van der Waals surface area contributed by atoms with Gasteiger partial charge in [-0.3, -0.25) is 9.59 Å². The second-order valence-corrected chi connectivity index (χ2v) is 11.0. The topological polar surface area (TPSA) is 133 Å². The summed E-state index contributed by atoms with van der Waals surface area (Å²) < 4.78 is 3.64. The van der Waals surface area contributed by atoms with Crippen molar-refractivity contribution in [2.75, 3.05) is 30.8 Å². The van der Waals surface area contributed by atoms with E-state index in [1.54, 1.807) is 41.0 Å². The van der Waals surface area contributed by atoms with Crippen LogP contribution < -0.4 is 16.0 Å². The van der Waals surface area contributed by atoms with Gasteiger partial charge < -0.3 is 30.0 Å². The predicted octanol–water partition coefficient (Wildman–Crippen LogP) is 3.48. The van der Waals surface area contributed by atoms with Gasteiger partial charge in [0, 0.05) is 75.6 Å². The molecule has 0 aliphatic carbocycles. The Morgan fingerprint density at radius 1 is 0.905 bits per heavy atom. The molecule has 2 aromatic heterocycles. The van der Waals surface area contributed by atoms with E-state index in [0.717, 1.165) is 48.7 Å². The molecule has 214 valence electrons. The van der Waals surface area contributed by atoms with Gasteiger partial charge in [0.1, 0.15) is 6.07 Å². The third-order valence-corrected chi connectivity index (χ3v) is 8.35. The number of benzene rings is 2. The molecule has 42 heavy (non-hydrogen) atoms. The number of likely N-dealkylation sites (N-methyl/N-ethyl adjacent to an activating group) is 1. The van der Waals surface area contributed by atoms with Gasteiger partial charge in [0.15, 0.2) is 11.6 Å². The minimum atomic E-state index is -0.406. The van der Waals surface area contributed by atoms with Crippen molar-refractivity contribution >= 4 is 34.8 Å². The van der Waals surface area contributed by atoms with Crippen molar-refractivity contribution in [3.05, 3.63) is 81.4 Å². The van der Waals surface area contributed by atoms with E-state index in [4.69, 9.17) is 11.6 Å². The summed E-state index contributed by atoms with van der Waals surface area (Å²) in [7, 11) is 5.70. The van der Waals surface area contributed by atoms with Crippen LogP contribution in [0.15, 0.2) is 36.4 Å². The van der Waals surface area contributed by atoms with Gasteiger partial charge in [0.05, 0.1) is 33.3 Å². The molecule has 2 aromatic carbocycles. The van der Waals surface area contributed by atoms with Gasteiger partial charge in [0.2, 0.25) is 0 Å². The largest absolute Gasteiger partial charge is 0.327 e. The Morgan fingerprint density at radius 3 is 2.21 bits per heavy atom. The molecule has 0 spiro atoms. The maximum Gasteiger partial charge on any atom is 0.291 e. The molecule has 0 saturated heterocycles. The summed E-state index contributed by atoms with van der Waals surface area (Å²) in [4.78, 5) is 37.8. The van der Waals surface area contributed by atoms with Gasteiger partial charge in [-0.05, 0) is 19.2 Å². The zero-order valence-electron chi connectivity index (χ0n) is 23.6. The smallest absolute Gasteiger partial charge is 0.291 e. The average Bonchev–Trinajstić information content (AvgIpc) is 3.50. The zero-order chi connectivity index (χ0) is 29.5. The minimum absolute atomic E-state index is 0.248. The molecular weight excluding hydrogens is 554 g/mol. The molecule has 0 unspecified atom stereocenters. The molecule has 4 heterocycles. The lowest BCUT2D eigenvalue weighted by Gasteiger charge is -2.21. The van der Waals surface area contributed by atoms with Crippen molar-refractivity contribution in [3.8, 4) is 17.2 Å². The number of anilines is 2. The van der Waals surface area contributed by atoms with Crippen LogP contribution in [0.25, 0.3) is 11.1 Å². The minimum Gasteiger partial charge on any atom is -0.327 e. The molecule has 4 aromatic rings. The Balaban J connectivity index is 1.28. The zero-order valence-corrected chi connectivity index (χ0v) is 24.3. The lowest BCUT2D eigenvalue weighted by atomic mass is 9.98. The number of aromatic nitrogens is 4. The molecular formula is C30H30ClN9O2. The molecule has 11 nitrogen and oxygen atoms in total. The van der Waals surface area contributed by atoms with E-state index >= 15 is 0 Å². The van der Waals surface area contributed by atoms with Crippen LogP contribution in [0.1, 0.15) is 49.6 Å². The average molecular weight is 584 g/mol. The summed E-state index contributed by atoms with van der Waals surface area (Å²) in [5.74, 6) is -0.186. The standard InChI is InChI=1S/C30H30ClN9O2/c1-38-13-11-25-23(16-38)35-28(40(25)3)30(42)37-21-9-5-7-18(26(21)31)17-6-4-8-20(19(17)14-32)36-29(41)27-34-22-15-33-12-10-24(22)39(27)2/h4-9,33H,10-13,15-16H2,1-3H3,(H,36,41)(H,37,42). The first-order valence-corrected chi connectivity index (χ1v) is 14.1. The molecule has 2 aliphatic rings. The highest BCUT2D eigenvalue weighted by Crippen LogP contribution is 2.38. The van der Waals surface area contributed by atoms with Crippen molar-refractivity contribution in [2.24, 2.45) is 14.1 Å². The fourth-order valence-corrected chi connectivity index (χ4v) is 5.99. The van der Waals surface area contributed by atoms with Crippen LogP contribution in [0.3, 0.4) is 0 Å². The van der Waals surface area contributed by atoms with E-state index in [0.29, 0.717) is 41.4 Å². The number of nitrogens with one attached hydrogen (secondary N) is 3. The molecule has 0 radical (unpaired) electrons. The fraction of sp³-hybridized carbons (Fsp3) is 0.300. The number of carbonyl (C=O) groups excluding carboxylic acids is 2. The Kier molecular flexibility index (Phi) is 7.28. The first-order chi connectivity index (χ1) is 20.3. The van der Waals surface area contributed by atoms with Crippen LogP contribution in [-0.2, 0) is 40.0 Å². The maximum absolute atomic E-state index is 13.3. The Morgan fingerprint density at radius 2 is 1.52 bits per heavy atom. The second-order valence-electron chi connectivity index (χ2n) is 10.6. The van der Waals surface area contributed by atoms with Gasteiger partial charge in [-0.15, -0.1) is 0 Å². The molecule has 2 aliphatic heterocycles. The van der Waals surface area contributed by atoms with E-state index in [1.165, 1.54) is 0 Å². The normalized spacial score (nSPS) is 14.5. The first kappa shape index (κ1) is 27.7. The molecule has 3 N–H and O–H groups in total. The number of hydrogen-bond acceptors (Lipinski definition) is 7. The lowest BCUT2D eigenvalue weighted by Crippen LogP contribution is -2.27. The van der Waals surface area contributed by atoms with Crippen LogP contribution in [0, 0.1) is 11.3 Å². The van der Waals surface area contributed by atoms with Crippen LogP contribution in [-0.4, -0.2) is 56.0 Å². The van der Waals surface area contributed by atoms with Crippen molar-refractivity contribution in [1.29, 1.82) is 5.26 Å². The number of nitriles is 1. The number of amides is 2. The molecule has 12 heteroatoms. The molecule has 2 amide bonds. The SMILES string of the molecule is CN1CCc2c(nc(C(=O)Nc3cccc(-c4cccc(NC(=O)c5nc6c(n5C)CCNC6)c4C#N)c3Cl)n2C)C1. The lowest BCUT2D eigenvalue weighted by molar-refractivity contribution is 0.100. The quantitative estimate of drug-likeness (QED) is 0.327. The molecule has 6 rings (SSSR count). The number of imidazole rings is 2. The first-order valence-electron chi connectivity index (χ1n) is 13.7. The number of halogens is 1. The van der Waals surface area contributed by atoms with E-state index in [2.05, 4.69) is 36.9 Å². The van der Waals surface area contributed by atoms with E-state index in [9.17, 15) is 14.9 Å². The summed E-state index contributed by atoms with van der Waals surface area (Å²) in [6, 6.07) is 12.6. The summed E-state index contributed by atoms with van der Waals surface area (Å²) >= 11 is 6.83. The van der Waals surface area contributed by atoms with Crippen molar-refractivity contribution in [1.82, 2.24) is 29.3 Å². The summed E-state index contributed by atoms with van der Waals surface area (Å²) in [5.41, 5.74) is 5.88. The Labute approximate surface area is 248 Å². The van der Waals surface area contributed by atoms with E-state index < -0.39 is 5.91 Å². The number of carbonyl (C=O) groups is 2. The number of rotatable bonds is 5. The Hall–Kier alpha value is -4.50. The van der Waals surface area contributed by atoms with Crippen molar-refractivity contribution in [2.45, 2.75) is 25.9 Å². The summed E-state index contributed by atoms with van der Waals surface area (Å²) in [6.45, 7) is 3.04. The third-order valence-electron chi connectivity index (χ3n) is 7.94. The van der Waals surface area contributed by atoms with Crippen LogP contribution >= 0.6 is 11.6 Å².